The summed E-state index contributed by atoms with van der Waals surface area (Å²) in [6, 6.07) is 18.8. The van der Waals surface area contributed by atoms with E-state index in [1.54, 1.807) is 25.6 Å². The second-order valence-corrected chi connectivity index (χ2v) is 7.69. The Morgan fingerprint density at radius 3 is 2.70 bits per heavy atom. The molecule has 0 bridgehead atoms. The molecular formula is C25H27N6O2+. The molecule has 2 heterocycles. The number of hydrogen-bond acceptors (Lipinski definition) is 5. The normalized spacial score (nSPS) is 11.6. The van der Waals surface area contributed by atoms with Gasteiger partial charge in [-0.15, -0.1) is 5.10 Å². The van der Waals surface area contributed by atoms with Gasteiger partial charge in [0, 0.05) is 28.7 Å². The Balaban J connectivity index is 1.41. The predicted octanol–water partition coefficient (Wildman–Crippen LogP) is 3.41. The van der Waals surface area contributed by atoms with E-state index < -0.39 is 0 Å². The van der Waals surface area contributed by atoms with Crippen LogP contribution in [0.2, 0.25) is 0 Å². The molecule has 0 aliphatic rings. The van der Waals surface area contributed by atoms with Crippen LogP contribution in [0.5, 0.6) is 5.75 Å². The van der Waals surface area contributed by atoms with E-state index in [4.69, 9.17) is 4.74 Å². The van der Waals surface area contributed by atoms with Gasteiger partial charge in [-0.1, -0.05) is 18.2 Å². The van der Waals surface area contributed by atoms with Gasteiger partial charge in [0.1, 0.15) is 12.3 Å². The number of carbonyl (C=O) groups excluding carboxylic acids is 1. The summed E-state index contributed by atoms with van der Waals surface area (Å²) in [4.78, 5) is 16.9. The minimum Gasteiger partial charge on any atom is -0.497 e. The number of H-pyrrole nitrogens is 1. The number of aromatic amines is 1. The number of ether oxygens (including phenoxy) is 1. The van der Waals surface area contributed by atoms with Crippen LogP contribution in [0.4, 0.5) is 5.69 Å². The van der Waals surface area contributed by atoms with Crippen LogP contribution in [0.15, 0.2) is 73.1 Å². The van der Waals surface area contributed by atoms with E-state index in [2.05, 4.69) is 25.8 Å². The molecule has 3 N–H and O–H groups in total. The maximum absolute atomic E-state index is 12.8. The van der Waals surface area contributed by atoms with Gasteiger partial charge in [0.05, 0.1) is 25.8 Å². The summed E-state index contributed by atoms with van der Waals surface area (Å²) in [6.45, 7) is 2.48. The van der Waals surface area contributed by atoms with Gasteiger partial charge in [-0.05, 0) is 55.0 Å². The molecule has 0 aliphatic carbocycles. The van der Waals surface area contributed by atoms with Gasteiger partial charge >= 0.3 is 5.82 Å². The summed E-state index contributed by atoms with van der Waals surface area (Å²) in [5.74, 6) is 2.36. The van der Waals surface area contributed by atoms with Crippen LogP contribution in [-0.4, -0.2) is 28.2 Å². The SMILES string of the molecule is COc1cccc([C@H](C)NC(=O)c2cccc(NCc3[nH]nc(-c4ccncc4)[n+]3C)c2)c1. The van der Waals surface area contributed by atoms with Gasteiger partial charge in [0.15, 0.2) is 0 Å². The summed E-state index contributed by atoms with van der Waals surface area (Å²) in [5, 5.41) is 13.9. The third kappa shape index (κ3) is 5.17. The van der Waals surface area contributed by atoms with Crippen LogP contribution in [0.3, 0.4) is 0 Å². The van der Waals surface area contributed by atoms with Crippen LogP contribution in [0.25, 0.3) is 11.4 Å². The minimum atomic E-state index is -0.153. The number of nitrogens with zero attached hydrogens (tertiary/aromatic N) is 3. The first-order valence-electron chi connectivity index (χ1n) is 10.7. The average Bonchev–Trinajstić information content (AvgIpc) is 3.23. The number of amides is 1. The van der Waals surface area contributed by atoms with Crippen LogP contribution >= 0.6 is 0 Å². The van der Waals surface area contributed by atoms with Crippen LogP contribution in [-0.2, 0) is 13.6 Å². The Hall–Kier alpha value is -4.20. The molecule has 0 saturated carbocycles. The quantitative estimate of drug-likeness (QED) is 0.363. The van der Waals surface area contributed by atoms with Crippen molar-refractivity contribution in [3.63, 3.8) is 0 Å². The topological polar surface area (TPSA) is 95.8 Å². The highest BCUT2D eigenvalue weighted by Gasteiger charge is 2.18. The van der Waals surface area contributed by atoms with Crippen molar-refractivity contribution in [3.05, 3.63) is 90.0 Å². The molecule has 0 fully saturated rings. The lowest BCUT2D eigenvalue weighted by Crippen LogP contribution is -2.34. The Bertz CT molecular complexity index is 1240. The molecule has 4 rings (SSSR count). The highest BCUT2D eigenvalue weighted by molar-refractivity contribution is 5.95. The molecule has 8 heteroatoms. The van der Waals surface area contributed by atoms with Crippen molar-refractivity contribution in [2.24, 2.45) is 7.05 Å². The van der Waals surface area contributed by atoms with Crippen LogP contribution in [0, 0.1) is 0 Å². The van der Waals surface area contributed by atoms with E-state index in [1.165, 1.54) is 0 Å². The molecule has 0 saturated heterocycles. The van der Waals surface area contributed by atoms with Gasteiger partial charge in [-0.3, -0.25) is 9.78 Å². The molecule has 0 aliphatic heterocycles. The summed E-state index contributed by atoms with van der Waals surface area (Å²) < 4.78 is 7.27. The Kier molecular flexibility index (Phi) is 6.64. The molecule has 8 nitrogen and oxygen atoms in total. The lowest BCUT2D eigenvalue weighted by molar-refractivity contribution is -0.668. The summed E-state index contributed by atoms with van der Waals surface area (Å²) >= 11 is 0. The number of benzene rings is 2. The summed E-state index contributed by atoms with van der Waals surface area (Å²) in [6.07, 6.45) is 3.49. The molecule has 33 heavy (non-hydrogen) atoms. The largest absolute Gasteiger partial charge is 0.497 e. The van der Waals surface area contributed by atoms with Crippen LogP contribution in [0.1, 0.15) is 34.7 Å². The molecule has 0 radical (unpaired) electrons. The maximum atomic E-state index is 12.8. The van der Waals surface area contributed by atoms with Crippen molar-refractivity contribution in [2.45, 2.75) is 19.5 Å². The fourth-order valence-electron chi connectivity index (χ4n) is 3.54. The Morgan fingerprint density at radius 2 is 1.91 bits per heavy atom. The lowest BCUT2D eigenvalue weighted by Gasteiger charge is -2.15. The van der Waals surface area contributed by atoms with Gasteiger partial charge < -0.3 is 15.4 Å². The van der Waals surface area contributed by atoms with Gasteiger partial charge in [0.25, 0.3) is 11.7 Å². The van der Waals surface area contributed by atoms with E-state index in [9.17, 15) is 4.79 Å². The number of carbonyl (C=O) groups is 1. The lowest BCUT2D eigenvalue weighted by atomic mass is 10.1. The Morgan fingerprint density at radius 1 is 1.12 bits per heavy atom. The first kappa shape index (κ1) is 22.0. The smallest absolute Gasteiger partial charge is 0.308 e. The minimum absolute atomic E-state index is 0.138. The third-order valence-corrected chi connectivity index (χ3v) is 5.48. The predicted molar refractivity (Wildman–Crippen MR) is 126 cm³/mol. The zero-order valence-electron chi connectivity index (χ0n) is 18.9. The van der Waals surface area contributed by atoms with Crippen molar-refractivity contribution >= 4 is 11.6 Å². The van der Waals surface area contributed by atoms with Crippen molar-refractivity contribution in [2.75, 3.05) is 12.4 Å². The highest BCUT2D eigenvalue weighted by atomic mass is 16.5. The number of nitrogens with one attached hydrogen (secondary N) is 3. The maximum Gasteiger partial charge on any atom is 0.308 e. The number of aromatic nitrogens is 4. The fourth-order valence-corrected chi connectivity index (χ4v) is 3.54. The number of anilines is 1. The molecule has 2 aromatic heterocycles. The van der Waals surface area contributed by atoms with Crippen molar-refractivity contribution in [3.8, 4) is 17.1 Å². The second-order valence-electron chi connectivity index (χ2n) is 7.69. The van der Waals surface area contributed by atoms with E-state index >= 15 is 0 Å². The number of hydrogen-bond donors (Lipinski definition) is 3. The van der Waals surface area contributed by atoms with Crippen molar-refractivity contribution in [1.29, 1.82) is 0 Å². The van der Waals surface area contributed by atoms with Crippen molar-refractivity contribution < 1.29 is 14.1 Å². The summed E-state index contributed by atoms with van der Waals surface area (Å²) in [7, 11) is 3.59. The zero-order chi connectivity index (χ0) is 23.2. The van der Waals surface area contributed by atoms with E-state index in [0.717, 1.165) is 34.2 Å². The molecule has 0 unspecified atom stereocenters. The molecular weight excluding hydrogens is 416 g/mol. The first-order chi connectivity index (χ1) is 16.0. The van der Waals surface area contributed by atoms with E-state index in [1.807, 2.05) is 73.1 Å². The first-order valence-corrected chi connectivity index (χ1v) is 10.7. The molecule has 0 spiro atoms. The highest BCUT2D eigenvalue weighted by Crippen LogP contribution is 2.20. The molecule has 168 valence electrons. The number of methoxy groups -OCH3 is 1. The molecule has 1 atom stereocenters. The number of pyridine rings is 1. The van der Waals surface area contributed by atoms with E-state index in [0.29, 0.717) is 12.1 Å². The average molecular weight is 444 g/mol. The fraction of sp³-hybridized carbons (Fsp3) is 0.200. The zero-order valence-corrected chi connectivity index (χ0v) is 18.9. The van der Waals surface area contributed by atoms with E-state index in [-0.39, 0.29) is 11.9 Å². The standard InChI is InChI=1S/C25H26N6O2/c1-17(19-6-5-9-22(15-19)33-3)28-25(32)20-7-4-8-21(14-20)27-16-23-29-30-24(31(23)2)18-10-12-26-13-11-18/h4-15,17,27H,16H2,1-3H3,(H,28,32)/p+1/t17-/m0/s1. The van der Waals surface area contributed by atoms with Gasteiger partial charge in [0.2, 0.25) is 0 Å². The molecule has 4 aromatic rings. The van der Waals surface area contributed by atoms with Crippen molar-refractivity contribution in [1.82, 2.24) is 20.5 Å². The monoisotopic (exact) mass is 443 g/mol. The molecule has 1 amide bonds. The third-order valence-electron chi connectivity index (χ3n) is 5.48. The van der Waals surface area contributed by atoms with Crippen LogP contribution < -0.4 is 19.9 Å². The second kappa shape index (κ2) is 9.95. The van der Waals surface area contributed by atoms with Gasteiger partial charge in [-0.2, -0.15) is 0 Å². The summed E-state index contributed by atoms with van der Waals surface area (Å²) in [5.41, 5.74) is 3.39. The molecule has 2 aromatic carbocycles. The Labute approximate surface area is 192 Å². The number of rotatable bonds is 8. The van der Waals surface area contributed by atoms with Gasteiger partial charge in [-0.25, -0.2) is 4.57 Å².